The van der Waals surface area contributed by atoms with Crippen molar-refractivity contribution in [2.45, 2.75) is 25.9 Å². The van der Waals surface area contributed by atoms with Crippen molar-refractivity contribution in [3.05, 3.63) is 102 Å². The molecule has 0 saturated heterocycles. The Bertz CT molecular complexity index is 1070. The molecule has 0 saturated carbocycles. The number of nitrogens with zero attached hydrogens (tertiary/aromatic N) is 4. The van der Waals surface area contributed by atoms with E-state index < -0.39 is 0 Å². The van der Waals surface area contributed by atoms with E-state index in [1.54, 1.807) is 48.0 Å². The van der Waals surface area contributed by atoms with Gasteiger partial charge >= 0.3 is 0 Å². The Hall–Kier alpha value is -3.87. The summed E-state index contributed by atoms with van der Waals surface area (Å²) in [4.78, 5) is 23.2. The quantitative estimate of drug-likeness (QED) is 0.425. The fourth-order valence-electron chi connectivity index (χ4n) is 3.33. The van der Waals surface area contributed by atoms with E-state index in [1.165, 1.54) is 12.1 Å². The molecule has 3 aromatic heterocycles. The van der Waals surface area contributed by atoms with E-state index in [-0.39, 0.29) is 18.1 Å². The van der Waals surface area contributed by atoms with E-state index in [0.29, 0.717) is 25.3 Å². The van der Waals surface area contributed by atoms with Crippen molar-refractivity contribution in [3.8, 4) is 11.3 Å². The monoisotopic (exact) mass is 416 g/mol. The summed E-state index contributed by atoms with van der Waals surface area (Å²) in [5, 5.41) is 3.87. The Labute approximate surface area is 179 Å². The van der Waals surface area contributed by atoms with Gasteiger partial charge in [-0.2, -0.15) is 0 Å². The molecule has 6 nitrogen and oxygen atoms in total. The van der Waals surface area contributed by atoms with Crippen LogP contribution in [-0.2, 0) is 24.3 Å². The molecule has 0 N–H and O–H groups in total. The van der Waals surface area contributed by atoms with Crippen molar-refractivity contribution in [2.24, 2.45) is 0 Å². The molecule has 3 heterocycles. The summed E-state index contributed by atoms with van der Waals surface area (Å²) in [5.74, 6) is 0.235. The number of amides is 1. The average Bonchev–Trinajstić information content (AvgIpc) is 3.27. The molecule has 31 heavy (non-hydrogen) atoms. The summed E-state index contributed by atoms with van der Waals surface area (Å²) in [7, 11) is 0. The zero-order chi connectivity index (χ0) is 21.5. The fraction of sp³-hybridized carbons (Fsp3) is 0.167. The predicted octanol–water partition coefficient (Wildman–Crippen LogP) is 4.43. The van der Waals surface area contributed by atoms with Crippen molar-refractivity contribution >= 4 is 5.91 Å². The zero-order valence-corrected chi connectivity index (χ0v) is 16.8. The maximum absolute atomic E-state index is 13.2. The van der Waals surface area contributed by atoms with Gasteiger partial charge in [0.15, 0.2) is 5.76 Å². The molecule has 156 valence electrons. The second-order valence-corrected chi connectivity index (χ2v) is 7.16. The Morgan fingerprint density at radius 3 is 2.13 bits per heavy atom. The Morgan fingerprint density at radius 2 is 1.55 bits per heavy atom. The van der Waals surface area contributed by atoms with Gasteiger partial charge < -0.3 is 9.42 Å². The van der Waals surface area contributed by atoms with E-state index in [2.05, 4.69) is 15.1 Å². The number of benzene rings is 1. The number of carbonyl (C=O) groups excluding carboxylic acids is 1. The summed E-state index contributed by atoms with van der Waals surface area (Å²) in [6.07, 6.45) is 9.30. The first-order valence-corrected chi connectivity index (χ1v) is 9.94. The lowest BCUT2D eigenvalue weighted by Crippen LogP contribution is -2.30. The summed E-state index contributed by atoms with van der Waals surface area (Å²) in [6.45, 7) is 0.909. The van der Waals surface area contributed by atoms with Crippen LogP contribution in [-0.4, -0.2) is 25.9 Å². The molecule has 4 aromatic rings. The van der Waals surface area contributed by atoms with Crippen LogP contribution in [0.1, 0.15) is 23.1 Å². The van der Waals surface area contributed by atoms with Crippen molar-refractivity contribution in [1.29, 1.82) is 0 Å². The Balaban J connectivity index is 1.47. The third-order valence-corrected chi connectivity index (χ3v) is 4.90. The normalized spacial score (nSPS) is 10.7. The van der Waals surface area contributed by atoms with Gasteiger partial charge in [0.2, 0.25) is 5.91 Å². The summed E-state index contributed by atoms with van der Waals surface area (Å²) in [5.41, 5.74) is 3.44. The van der Waals surface area contributed by atoms with Gasteiger partial charge in [-0.05, 0) is 53.9 Å². The minimum absolute atomic E-state index is 0.000961. The second kappa shape index (κ2) is 9.75. The summed E-state index contributed by atoms with van der Waals surface area (Å²) in [6, 6.07) is 13.6. The summed E-state index contributed by atoms with van der Waals surface area (Å²) >= 11 is 0. The number of carbonyl (C=O) groups is 1. The first-order valence-electron chi connectivity index (χ1n) is 9.94. The second-order valence-electron chi connectivity index (χ2n) is 7.16. The molecular formula is C24H21FN4O2. The lowest BCUT2D eigenvalue weighted by molar-refractivity contribution is -0.132. The highest BCUT2D eigenvalue weighted by atomic mass is 19.1. The number of hydrogen-bond acceptors (Lipinski definition) is 5. The van der Waals surface area contributed by atoms with Crippen molar-refractivity contribution in [3.63, 3.8) is 0 Å². The molecule has 0 unspecified atom stereocenters. The average molecular weight is 416 g/mol. The third kappa shape index (κ3) is 5.39. The maximum Gasteiger partial charge on any atom is 0.223 e. The van der Waals surface area contributed by atoms with Gasteiger partial charge in [0.1, 0.15) is 5.82 Å². The van der Waals surface area contributed by atoms with Crippen LogP contribution in [0.25, 0.3) is 11.3 Å². The summed E-state index contributed by atoms with van der Waals surface area (Å²) < 4.78 is 18.6. The molecular weight excluding hydrogens is 395 g/mol. The third-order valence-electron chi connectivity index (χ3n) is 4.90. The van der Waals surface area contributed by atoms with E-state index in [1.807, 2.05) is 24.3 Å². The molecule has 0 spiro atoms. The van der Waals surface area contributed by atoms with Crippen LogP contribution in [0.3, 0.4) is 0 Å². The smallest absolute Gasteiger partial charge is 0.223 e. The standard InChI is InChI=1S/C24H21FN4O2/c25-22-8-5-20(6-9-22)24-21(15-28-31-24)7-10-23(30)29(16-18-3-1-11-26-13-18)17-19-4-2-12-27-14-19/h1-6,8-9,11-15H,7,10,16-17H2. The van der Waals surface area contributed by atoms with Gasteiger partial charge in [-0.3, -0.25) is 14.8 Å². The number of hydrogen-bond donors (Lipinski definition) is 0. The molecule has 0 aliphatic heterocycles. The van der Waals surface area contributed by atoms with E-state index in [4.69, 9.17) is 4.52 Å². The van der Waals surface area contributed by atoms with Crippen LogP contribution in [0.4, 0.5) is 4.39 Å². The zero-order valence-electron chi connectivity index (χ0n) is 16.8. The Morgan fingerprint density at radius 1 is 0.903 bits per heavy atom. The molecule has 0 aliphatic carbocycles. The first-order chi connectivity index (χ1) is 15.2. The van der Waals surface area contributed by atoms with Gasteiger partial charge in [0, 0.05) is 55.4 Å². The van der Waals surface area contributed by atoms with Gasteiger partial charge in [-0.15, -0.1) is 0 Å². The van der Waals surface area contributed by atoms with Crippen molar-refractivity contribution in [2.75, 3.05) is 0 Å². The van der Waals surface area contributed by atoms with Crippen LogP contribution in [0, 0.1) is 5.82 Å². The fourth-order valence-corrected chi connectivity index (χ4v) is 3.33. The Kier molecular flexibility index (Phi) is 6.42. The number of halogens is 1. The lowest BCUT2D eigenvalue weighted by atomic mass is 10.0. The van der Waals surface area contributed by atoms with Crippen LogP contribution in [0.15, 0.2) is 84.0 Å². The largest absolute Gasteiger partial charge is 0.356 e. The SMILES string of the molecule is O=C(CCc1cnoc1-c1ccc(F)cc1)N(Cc1cccnc1)Cc1cccnc1. The van der Waals surface area contributed by atoms with E-state index in [0.717, 1.165) is 22.3 Å². The predicted molar refractivity (Wildman–Crippen MR) is 113 cm³/mol. The number of rotatable bonds is 8. The molecule has 0 bridgehead atoms. The van der Waals surface area contributed by atoms with Crippen LogP contribution in [0.5, 0.6) is 0 Å². The highest BCUT2D eigenvalue weighted by molar-refractivity contribution is 5.77. The molecule has 1 amide bonds. The number of aryl methyl sites for hydroxylation is 1. The molecule has 0 atom stereocenters. The highest BCUT2D eigenvalue weighted by Crippen LogP contribution is 2.25. The minimum Gasteiger partial charge on any atom is -0.356 e. The maximum atomic E-state index is 13.2. The van der Waals surface area contributed by atoms with Crippen LogP contribution < -0.4 is 0 Å². The lowest BCUT2D eigenvalue weighted by Gasteiger charge is -2.23. The van der Waals surface area contributed by atoms with Gasteiger partial charge in [-0.25, -0.2) is 4.39 Å². The molecule has 4 rings (SSSR count). The number of aromatic nitrogens is 3. The molecule has 1 aromatic carbocycles. The molecule has 0 radical (unpaired) electrons. The molecule has 7 heteroatoms. The van der Waals surface area contributed by atoms with Gasteiger partial charge in [0.25, 0.3) is 0 Å². The van der Waals surface area contributed by atoms with Gasteiger partial charge in [-0.1, -0.05) is 17.3 Å². The molecule has 0 aliphatic rings. The first kappa shape index (κ1) is 20.4. The minimum atomic E-state index is -0.318. The number of pyridine rings is 2. The van der Waals surface area contributed by atoms with Crippen LogP contribution in [0.2, 0.25) is 0 Å². The highest BCUT2D eigenvalue weighted by Gasteiger charge is 2.18. The van der Waals surface area contributed by atoms with Gasteiger partial charge in [0.05, 0.1) is 6.20 Å². The van der Waals surface area contributed by atoms with E-state index in [9.17, 15) is 9.18 Å². The molecule has 0 fully saturated rings. The van der Waals surface area contributed by atoms with E-state index >= 15 is 0 Å². The van der Waals surface area contributed by atoms with Crippen molar-refractivity contribution in [1.82, 2.24) is 20.0 Å². The topological polar surface area (TPSA) is 72.1 Å². The van der Waals surface area contributed by atoms with Crippen molar-refractivity contribution < 1.29 is 13.7 Å². The van der Waals surface area contributed by atoms with Crippen LogP contribution >= 0.6 is 0 Å².